The van der Waals surface area contributed by atoms with Gasteiger partial charge in [0.15, 0.2) is 0 Å². The van der Waals surface area contributed by atoms with E-state index >= 15 is 0 Å². The van der Waals surface area contributed by atoms with E-state index in [1.165, 1.54) is 29.2 Å². The fourth-order valence-electron chi connectivity index (χ4n) is 7.41. The molecule has 1 saturated heterocycles. The molecule has 3 fully saturated rings. The molecule has 0 radical (unpaired) electrons. The van der Waals surface area contributed by atoms with Crippen molar-refractivity contribution in [1.29, 1.82) is 0 Å². The van der Waals surface area contributed by atoms with Gasteiger partial charge in [0, 0.05) is 12.3 Å². The second kappa shape index (κ2) is 18.9. The molecular weight excluding hydrogens is 801 g/mol. The summed E-state index contributed by atoms with van der Waals surface area (Å²) in [6, 6.07) is 8.98. The van der Waals surface area contributed by atoms with Crippen molar-refractivity contribution in [3.8, 4) is 0 Å². The van der Waals surface area contributed by atoms with E-state index in [1.807, 2.05) is 6.08 Å². The van der Waals surface area contributed by atoms with E-state index in [1.54, 1.807) is 44.2 Å². The van der Waals surface area contributed by atoms with Crippen LogP contribution in [0, 0.1) is 5.92 Å². The summed E-state index contributed by atoms with van der Waals surface area (Å²) in [5, 5.41) is 9.92. The number of amides is 6. The minimum Gasteiger partial charge on any atom is -0.462 e. The number of sulfonamides is 1. The first kappa shape index (κ1) is 43.6. The molecule has 60 heavy (non-hydrogen) atoms. The molecule has 6 amide bonds. The smallest absolute Gasteiger partial charge is 0.411 e. The number of benzene rings is 2. The molecule has 2 aromatic carbocycles. The summed E-state index contributed by atoms with van der Waals surface area (Å²) in [5.74, 6) is -4.22. The first-order valence-electron chi connectivity index (χ1n) is 20.2. The normalized spacial score (nSPS) is 24.7. The molecule has 0 unspecified atom stereocenters. The Balaban J connectivity index is 1.26. The van der Waals surface area contributed by atoms with Gasteiger partial charge in [-0.2, -0.15) is 0 Å². The van der Waals surface area contributed by atoms with Gasteiger partial charge in [0.05, 0.1) is 47.5 Å². The molecule has 0 bridgehead atoms. The number of esters is 2. The van der Waals surface area contributed by atoms with Gasteiger partial charge in [-0.05, 0) is 76.6 Å². The first-order valence-corrected chi connectivity index (χ1v) is 21.7. The average Bonchev–Trinajstić information content (AvgIpc) is 4.14. The second-order valence-electron chi connectivity index (χ2n) is 15.1. The Labute approximate surface area is 347 Å². The maximum Gasteiger partial charge on any atom is 0.411 e. The SMILES string of the molecule is CCOC(=O)c1ccccc1NC(=O)N[C@H]1CCCCC/C=C\[C@H]2C[C@@]2(C(=O)NS(=O)(=O)C2CC2)NC(=O)[C@@H]2C[C@@H](OC(=O)Nc3ccccc3C(=O)OCC)CN2C1=O. The molecule has 5 N–H and O–H groups in total. The molecule has 322 valence electrons. The van der Waals surface area contributed by atoms with Gasteiger partial charge in [0.1, 0.15) is 23.7 Å². The highest BCUT2D eigenvalue weighted by Gasteiger charge is 2.62. The second-order valence-corrected chi connectivity index (χ2v) is 17.1. The zero-order chi connectivity index (χ0) is 43.0. The van der Waals surface area contributed by atoms with E-state index in [-0.39, 0.29) is 61.5 Å². The van der Waals surface area contributed by atoms with Gasteiger partial charge in [-0.1, -0.05) is 49.3 Å². The summed E-state index contributed by atoms with van der Waals surface area (Å²) in [5.41, 5.74) is -1.22. The number of allylic oxidation sites excluding steroid dienone is 1. The van der Waals surface area contributed by atoms with Crippen LogP contribution in [0.15, 0.2) is 60.7 Å². The lowest BCUT2D eigenvalue weighted by Crippen LogP contribution is -2.58. The van der Waals surface area contributed by atoms with E-state index < -0.39 is 86.7 Å². The number of para-hydroxylation sites is 2. The first-order chi connectivity index (χ1) is 28.8. The largest absolute Gasteiger partial charge is 0.462 e. The maximum absolute atomic E-state index is 14.6. The minimum absolute atomic E-state index is 0.0716. The Hall–Kier alpha value is -5.98. The third-order valence-corrected chi connectivity index (χ3v) is 12.6. The number of urea groups is 1. The van der Waals surface area contributed by atoms with Crippen molar-refractivity contribution in [3.05, 3.63) is 71.8 Å². The van der Waals surface area contributed by atoms with Crippen molar-refractivity contribution >= 4 is 63.2 Å². The Morgan fingerprint density at radius 2 is 1.48 bits per heavy atom. The van der Waals surface area contributed by atoms with Gasteiger partial charge in [-0.25, -0.2) is 27.6 Å². The maximum atomic E-state index is 14.6. The predicted octanol–water partition coefficient (Wildman–Crippen LogP) is 3.75. The highest BCUT2D eigenvalue weighted by atomic mass is 32.2. The van der Waals surface area contributed by atoms with Crippen LogP contribution in [0.1, 0.15) is 92.4 Å². The number of nitrogens with zero attached hydrogens (tertiary/aromatic N) is 1. The van der Waals surface area contributed by atoms with Crippen molar-refractivity contribution in [3.63, 3.8) is 0 Å². The predicted molar refractivity (Wildman–Crippen MR) is 216 cm³/mol. The molecule has 0 spiro atoms. The van der Waals surface area contributed by atoms with Gasteiger partial charge in [-0.3, -0.25) is 24.4 Å². The Bertz CT molecular complexity index is 2140. The van der Waals surface area contributed by atoms with Gasteiger partial charge >= 0.3 is 24.1 Å². The Kier molecular flexibility index (Phi) is 13.8. The summed E-state index contributed by atoms with van der Waals surface area (Å²) in [6.45, 7) is 3.19. The van der Waals surface area contributed by atoms with Crippen molar-refractivity contribution in [1.82, 2.24) is 20.3 Å². The number of hydrogen-bond acceptors (Lipinski definition) is 12. The molecule has 2 heterocycles. The molecule has 19 heteroatoms. The topological polar surface area (TPSA) is 245 Å². The van der Waals surface area contributed by atoms with E-state index in [9.17, 15) is 42.0 Å². The van der Waals surface area contributed by atoms with Gasteiger partial charge < -0.3 is 35.1 Å². The number of carbonyl (C=O) groups is 7. The number of carbonyl (C=O) groups excluding carboxylic acids is 7. The minimum atomic E-state index is -3.97. The van der Waals surface area contributed by atoms with Crippen LogP contribution in [0.2, 0.25) is 0 Å². The quantitative estimate of drug-likeness (QED) is 0.123. The van der Waals surface area contributed by atoms with Crippen LogP contribution >= 0.6 is 0 Å². The molecule has 18 nitrogen and oxygen atoms in total. The summed E-state index contributed by atoms with van der Waals surface area (Å²) in [6.07, 6.45) is 4.91. The molecule has 5 atom stereocenters. The van der Waals surface area contributed by atoms with Crippen molar-refractivity contribution in [2.75, 3.05) is 30.4 Å². The molecule has 2 aromatic rings. The fraction of sp³-hybridized carbons (Fsp3) is 0.488. The van der Waals surface area contributed by atoms with Crippen LogP contribution in [-0.2, 0) is 38.6 Å². The van der Waals surface area contributed by atoms with E-state index in [4.69, 9.17) is 14.2 Å². The van der Waals surface area contributed by atoms with Gasteiger partial charge in [-0.15, -0.1) is 0 Å². The van der Waals surface area contributed by atoms with Crippen molar-refractivity contribution < 1.29 is 56.2 Å². The molecule has 0 aromatic heterocycles. The fourth-order valence-corrected chi connectivity index (χ4v) is 8.78. The van der Waals surface area contributed by atoms with Crippen LogP contribution < -0.4 is 26.0 Å². The summed E-state index contributed by atoms with van der Waals surface area (Å²) in [4.78, 5) is 95.8. The number of rotatable bonds is 11. The molecular formula is C41H50N6O12S. The van der Waals surface area contributed by atoms with Crippen LogP contribution in [0.5, 0.6) is 0 Å². The van der Waals surface area contributed by atoms with Crippen LogP contribution in [0.3, 0.4) is 0 Å². The molecule has 4 aliphatic rings. The Morgan fingerprint density at radius 3 is 2.12 bits per heavy atom. The highest BCUT2D eigenvalue weighted by molar-refractivity contribution is 7.91. The summed E-state index contributed by atoms with van der Waals surface area (Å²) >= 11 is 0. The number of hydrogen-bond donors (Lipinski definition) is 5. The van der Waals surface area contributed by atoms with Crippen molar-refractivity contribution in [2.45, 2.75) is 101 Å². The van der Waals surface area contributed by atoms with Gasteiger partial charge in [0.2, 0.25) is 21.8 Å². The Morgan fingerprint density at radius 1 is 0.850 bits per heavy atom. The van der Waals surface area contributed by atoms with E-state index in [0.29, 0.717) is 38.5 Å². The lowest BCUT2D eigenvalue weighted by molar-refractivity contribution is -0.141. The lowest BCUT2D eigenvalue weighted by Gasteiger charge is -2.30. The zero-order valence-electron chi connectivity index (χ0n) is 33.4. The van der Waals surface area contributed by atoms with Crippen LogP contribution in [0.25, 0.3) is 0 Å². The summed E-state index contributed by atoms with van der Waals surface area (Å²) < 4.78 is 43.8. The molecule has 2 aliphatic carbocycles. The molecule has 6 rings (SSSR count). The third kappa shape index (κ3) is 10.4. The van der Waals surface area contributed by atoms with E-state index in [0.717, 1.165) is 0 Å². The molecule has 2 saturated carbocycles. The lowest BCUT2D eigenvalue weighted by atomic mass is 10.0. The van der Waals surface area contributed by atoms with Gasteiger partial charge in [0.25, 0.3) is 5.91 Å². The zero-order valence-corrected chi connectivity index (χ0v) is 34.2. The highest BCUT2D eigenvalue weighted by Crippen LogP contribution is 2.46. The third-order valence-electron chi connectivity index (χ3n) is 10.8. The number of nitrogens with one attached hydrogen (secondary N) is 5. The van der Waals surface area contributed by atoms with Crippen molar-refractivity contribution in [2.24, 2.45) is 5.92 Å². The standard InChI is InChI=1S/C41H50N6O12S/c1-3-57-36(50)28-15-10-12-17-30(28)42-39(53)43-32-19-9-7-5-6-8-14-25-23-41(25,38(52)46-60(55,56)27-20-21-27)45-34(48)33-22-26(24-47(33)35(32)49)59-40(54)44-31-18-13-11-16-29(31)37(51)58-4-2/h8,10-18,25-27,32-33H,3-7,9,19-24H2,1-2H3,(H,44,54)(H,45,48)(H,46,52)(H2,42,43,53)/b14-8-/t25-,26+,32-,33-,41+/m0/s1. The number of ether oxygens (including phenoxy) is 3. The van der Waals surface area contributed by atoms with E-state index in [2.05, 4.69) is 26.0 Å². The van der Waals surface area contributed by atoms with Crippen LogP contribution in [-0.4, -0.2) is 104 Å². The molecule has 2 aliphatic heterocycles. The number of anilines is 2. The monoisotopic (exact) mass is 850 g/mol. The average molecular weight is 851 g/mol. The van der Waals surface area contributed by atoms with Crippen LogP contribution in [0.4, 0.5) is 21.0 Å². The number of fused-ring (bicyclic) bond motifs is 2. The summed E-state index contributed by atoms with van der Waals surface area (Å²) in [7, 11) is -3.97.